The lowest BCUT2D eigenvalue weighted by Gasteiger charge is -2.02. The molecule has 3 rings (SSSR count). The lowest BCUT2D eigenvalue weighted by molar-refractivity contribution is 0.395. The molecule has 0 unspecified atom stereocenters. The Labute approximate surface area is 77.7 Å². The Morgan fingerprint density at radius 1 is 1.62 bits per heavy atom. The van der Waals surface area contributed by atoms with E-state index in [4.69, 9.17) is 4.74 Å². The number of aryl methyl sites for hydroxylation is 1. The highest BCUT2D eigenvalue weighted by molar-refractivity contribution is 5.15. The van der Waals surface area contributed by atoms with Crippen LogP contribution in [0.5, 0.6) is 0 Å². The normalized spacial score (nSPS) is 26.4. The van der Waals surface area contributed by atoms with Gasteiger partial charge in [-0.25, -0.2) is 0 Å². The Balaban J connectivity index is 1.86. The molecule has 1 atom stereocenters. The molecule has 1 saturated heterocycles. The van der Waals surface area contributed by atoms with Gasteiger partial charge in [0.1, 0.15) is 6.10 Å². The number of rotatable bonds is 3. The third-order valence-corrected chi connectivity index (χ3v) is 2.72. The van der Waals surface area contributed by atoms with Gasteiger partial charge in [-0.2, -0.15) is 5.10 Å². The van der Waals surface area contributed by atoms with Crippen LogP contribution in [0.3, 0.4) is 0 Å². The molecule has 1 aromatic rings. The summed E-state index contributed by atoms with van der Waals surface area (Å²) in [5, 5.41) is 4.49. The first-order chi connectivity index (χ1) is 6.33. The van der Waals surface area contributed by atoms with Crippen LogP contribution in [-0.2, 0) is 11.3 Å². The molecule has 0 radical (unpaired) electrons. The van der Waals surface area contributed by atoms with Crippen LogP contribution in [0.2, 0.25) is 0 Å². The van der Waals surface area contributed by atoms with Crippen LogP contribution in [-0.4, -0.2) is 16.4 Å². The summed E-state index contributed by atoms with van der Waals surface area (Å²) in [5.41, 5.74) is 2.40. The second-order valence-electron chi connectivity index (χ2n) is 4.16. The third-order valence-electron chi connectivity index (χ3n) is 2.72. The number of aromatic nitrogens is 2. The zero-order valence-corrected chi connectivity index (χ0v) is 7.86. The predicted octanol–water partition coefficient (Wildman–Crippen LogP) is 1.67. The molecule has 0 spiro atoms. The molecule has 0 aromatic carbocycles. The Morgan fingerprint density at radius 3 is 3.00 bits per heavy atom. The summed E-state index contributed by atoms with van der Waals surface area (Å²) < 4.78 is 7.43. The number of hydrogen-bond donors (Lipinski definition) is 0. The topological polar surface area (TPSA) is 30.4 Å². The highest BCUT2D eigenvalue weighted by Crippen LogP contribution is 2.34. The number of ether oxygens (including phenoxy) is 1. The summed E-state index contributed by atoms with van der Waals surface area (Å²) >= 11 is 0. The van der Waals surface area contributed by atoms with Crippen molar-refractivity contribution in [3.05, 3.63) is 17.5 Å². The maximum atomic E-state index is 5.29. The lowest BCUT2D eigenvalue weighted by atomic mass is 10.3. The van der Waals surface area contributed by atoms with Crippen LogP contribution >= 0.6 is 0 Å². The van der Waals surface area contributed by atoms with Gasteiger partial charge in [-0.05, 0) is 31.7 Å². The second-order valence-corrected chi connectivity index (χ2v) is 4.16. The molecule has 0 N–H and O–H groups in total. The van der Waals surface area contributed by atoms with Crippen molar-refractivity contribution in [3.8, 4) is 0 Å². The first-order valence-corrected chi connectivity index (χ1v) is 4.99. The van der Waals surface area contributed by atoms with Crippen LogP contribution in [0.25, 0.3) is 0 Å². The Kier molecular flexibility index (Phi) is 1.50. The Morgan fingerprint density at radius 2 is 2.38 bits per heavy atom. The number of hydrogen-bond acceptors (Lipinski definition) is 2. The Bertz CT molecular complexity index is 324. The molecule has 1 saturated carbocycles. The molecule has 1 aromatic heterocycles. The monoisotopic (exact) mass is 178 g/mol. The SMILES string of the molecule is Cc1cc([C@@H]2CO2)n(CC2CC2)n1. The number of epoxide rings is 1. The van der Waals surface area contributed by atoms with Crippen LogP contribution in [0, 0.1) is 12.8 Å². The molecular formula is C10H14N2O. The average molecular weight is 178 g/mol. The minimum absolute atomic E-state index is 0.347. The van der Waals surface area contributed by atoms with E-state index in [9.17, 15) is 0 Å². The van der Waals surface area contributed by atoms with Crippen LogP contribution in [0.1, 0.15) is 30.3 Å². The molecule has 1 aliphatic carbocycles. The maximum absolute atomic E-state index is 5.29. The van der Waals surface area contributed by atoms with E-state index in [1.165, 1.54) is 18.5 Å². The highest BCUT2D eigenvalue weighted by Gasteiger charge is 2.31. The van der Waals surface area contributed by atoms with Gasteiger partial charge in [0.2, 0.25) is 0 Å². The zero-order chi connectivity index (χ0) is 8.84. The molecule has 70 valence electrons. The van der Waals surface area contributed by atoms with Crippen molar-refractivity contribution in [2.75, 3.05) is 6.61 Å². The first kappa shape index (κ1) is 7.56. The first-order valence-electron chi connectivity index (χ1n) is 4.99. The smallest absolute Gasteiger partial charge is 0.123 e. The quantitative estimate of drug-likeness (QED) is 0.659. The molecule has 2 heterocycles. The summed E-state index contributed by atoms with van der Waals surface area (Å²) in [4.78, 5) is 0. The molecule has 13 heavy (non-hydrogen) atoms. The average Bonchev–Trinajstić information content (AvgIpc) is 2.94. The molecule has 3 nitrogen and oxygen atoms in total. The van der Waals surface area contributed by atoms with E-state index in [1.807, 2.05) is 0 Å². The van der Waals surface area contributed by atoms with Crippen molar-refractivity contribution < 1.29 is 4.74 Å². The summed E-state index contributed by atoms with van der Waals surface area (Å²) in [7, 11) is 0. The maximum Gasteiger partial charge on any atom is 0.123 e. The molecule has 2 fully saturated rings. The van der Waals surface area contributed by atoms with Gasteiger partial charge in [-0.15, -0.1) is 0 Å². The Hall–Kier alpha value is -0.830. The molecular weight excluding hydrogens is 164 g/mol. The molecule has 0 bridgehead atoms. The van der Waals surface area contributed by atoms with Crippen LogP contribution in [0.4, 0.5) is 0 Å². The second kappa shape index (κ2) is 2.58. The minimum atomic E-state index is 0.347. The number of nitrogens with zero attached hydrogens (tertiary/aromatic N) is 2. The van der Waals surface area contributed by atoms with Crippen molar-refractivity contribution >= 4 is 0 Å². The van der Waals surface area contributed by atoms with Crippen LogP contribution in [0.15, 0.2) is 6.07 Å². The van der Waals surface area contributed by atoms with Crippen LogP contribution < -0.4 is 0 Å². The van der Waals surface area contributed by atoms with E-state index in [1.54, 1.807) is 0 Å². The van der Waals surface area contributed by atoms with E-state index in [0.29, 0.717) is 6.10 Å². The molecule has 1 aliphatic heterocycles. The molecule has 2 aliphatic rings. The van der Waals surface area contributed by atoms with Crippen molar-refractivity contribution in [1.82, 2.24) is 9.78 Å². The van der Waals surface area contributed by atoms with Crippen molar-refractivity contribution in [2.24, 2.45) is 5.92 Å². The van der Waals surface area contributed by atoms with Gasteiger partial charge in [0.15, 0.2) is 0 Å². The van der Waals surface area contributed by atoms with Gasteiger partial charge in [0.05, 0.1) is 18.0 Å². The standard InChI is InChI=1S/C10H14N2O/c1-7-4-9(10-6-13-10)12(11-7)5-8-2-3-8/h4,8,10H,2-3,5-6H2,1H3/t10-/m0/s1. The van der Waals surface area contributed by atoms with Gasteiger partial charge < -0.3 is 4.74 Å². The van der Waals surface area contributed by atoms with Crippen molar-refractivity contribution in [2.45, 2.75) is 32.4 Å². The zero-order valence-electron chi connectivity index (χ0n) is 7.86. The summed E-state index contributed by atoms with van der Waals surface area (Å²) in [6.45, 7) is 4.04. The fourth-order valence-electron chi connectivity index (χ4n) is 1.73. The summed E-state index contributed by atoms with van der Waals surface area (Å²) in [6, 6.07) is 2.15. The molecule has 0 amide bonds. The van der Waals surface area contributed by atoms with Gasteiger partial charge >= 0.3 is 0 Å². The van der Waals surface area contributed by atoms with Gasteiger partial charge in [0.25, 0.3) is 0 Å². The van der Waals surface area contributed by atoms with E-state index in [-0.39, 0.29) is 0 Å². The fraction of sp³-hybridized carbons (Fsp3) is 0.700. The van der Waals surface area contributed by atoms with E-state index in [2.05, 4.69) is 22.8 Å². The lowest BCUT2D eigenvalue weighted by Crippen LogP contribution is -2.05. The van der Waals surface area contributed by atoms with Crippen molar-refractivity contribution in [1.29, 1.82) is 0 Å². The largest absolute Gasteiger partial charge is 0.366 e. The fourth-order valence-corrected chi connectivity index (χ4v) is 1.73. The van der Waals surface area contributed by atoms with Gasteiger partial charge in [0, 0.05) is 6.54 Å². The van der Waals surface area contributed by atoms with E-state index >= 15 is 0 Å². The van der Waals surface area contributed by atoms with Gasteiger partial charge in [-0.3, -0.25) is 4.68 Å². The third kappa shape index (κ3) is 1.48. The summed E-state index contributed by atoms with van der Waals surface area (Å²) in [5.74, 6) is 0.886. The molecule has 3 heteroatoms. The van der Waals surface area contributed by atoms with Crippen molar-refractivity contribution in [3.63, 3.8) is 0 Å². The van der Waals surface area contributed by atoms with Gasteiger partial charge in [-0.1, -0.05) is 0 Å². The van der Waals surface area contributed by atoms with E-state index < -0.39 is 0 Å². The summed E-state index contributed by atoms with van der Waals surface area (Å²) in [6.07, 6.45) is 3.10. The highest BCUT2D eigenvalue weighted by atomic mass is 16.6. The predicted molar refractivity (Wildman–Crippen MR) is 48.4 cm³/mol. The van der Waals surface area contributed by atoms with E-state index in [0.717, 1.165) is 24.8 Å². The minimum Gasteiger partial charge on any atom is -0.366 e.